The molecule has 4 nitrogen and oxygen atoms in total. The van der Waals surface area contributed by atoms with Gasteiger partial charge in [-0.25, -0.2) is 9.87 Å². The molecule has 0 radical (unpaired) electrons. The number of hydrogen-bond acceptors (Lipinski definition) is 3. The van der Waals surface area contributed by atoms with Crippen molar-refractivity contribution in [2.75, 3.05) is 6.61 Å². The predicted octanol–water partition coefficient (Wildman–Crippen LogP) is 1.57. The molecule has 0 aliphatic heterocycles. The highest BCUT2D eigenvalue weighted by atomic mass is 19.1. The number of aliphatic hydroxyl groups is 1. The highest BCUT2D eigenvalue weighted by molar-refractivity contribution is 5.93. The minimum absolute atomic E-state index is 0.0932. The average Bonchev–Trinajstić information content (AvgIpc) is 2.26. The minimum atomic E-state index is -0.906. The van der Waals surface area contributed by atoms with Crippen molar-refractivity contribution in [1.29, 1.82) is 0 Å². The van der Waals surface area contributed by atoms with Crippen molar-refractivity contribution < 1.29 is 19.1 Å². The van der Waals surface area contributed by atoms with Gasteiger partial charge in [0.15, 0.2) is 0 Å². The van der Waals surface area contributed by atoms with Crippen LogP contribution in [0.3, 0.4) is 0 Å². The number of aryl methyl sites for hydroxylation is 1. The van der Waals surface area contributed by atoms with Crippen LogP contribution in [0.5, 0.6) is 0 Å². The molecule has 1 rings (SSSR count). The monoisotopic (exact) mass is 241 g/mol. The number of amides is 1. The summed E-state index contributed by atoms with van der Waals surface area (Å²) in [7, 11) is 0. The Kier molecular flexibility index (Phi) is 4.20. The first-order chi connectivity index (χ1) is 7.85. The molecule has 17 heavy (non-hydrogen) atoms. The lowest BCUT2D eigenvalue weighted by atomic mass is 10.1. The summed E-state index contributed by atoms with van der Waals surface area (Å²) in [5, 5.41) is 8.92. The van der Waals surface area contributed by atoms with Crippen LogP contribution < -0.4 is 5.48 Å². The van der Waals surface area contributed by atoms with Crippen molar-refractivity contribution in [3.8, 4) is 0 Å². The Bertz CT molecular complexity index is 418. The maximum absolute atomic E-state index is 13.4. The number of carbonyl (C=O) groups is 1. The minimum Gasteiger partial charge on any atom is -0.393 e. The zero-order valence-corrected chi connectivity index (χ0v) is 10.1. The highest BCUT2D eigenvalue weighted by Crippen LogP contribution is 2.11. The Balaban J connectivity index is 2.71. The zero-order chi connectivity index (χ0) is 13.1. The van der Waals surface area contributed by atoms with Crippen LogP contribution >= 0.6 is 0 Å². The summed E-state index contributed by atoms with van der Waals surface area (Å²) in [6, 6.07) is 4.29. The number of hydrogen-bond donors (Lipinski definition) is 2. The fourth-order valence-corrected chi connectivity index (χ4v) is 1.08. The van der Waals surface area contributed by atoms with Gasteiger partial charge in [0.2, 0.25) is 0 Å². The number of halogens is 1. The molecule has 0 bridgehead atoms. The first-order valence-corrected chi connectivity index (χ1v) is 5.21. The molecular weight excluding hydrogens is 225 g/mol. The Morgan fingerprint density at radius 1 is 1.53 bits per heavy atom. The Morgan fingerprint density at radius 3 is 2.71 bits per heavy atom. The third kappa shape index (κ3) is 3.80. The molecule has 0 aliphatic rings. The normalized spacial score (nSPS) is 11.4. The summed E-state index contributed by atoms with van der Waals surface area (Å²) in [5.74, 6) is -1.28. The third-order valence-electron chi connectivity index (χ3n) is 2.17. The second-order valence-electron chi connectivity index (χ2n) is 4.43. The molecule has 0 heterocycles. The van der Waals surface area contributed by atoms with Crippen molar-refractivity contribution in [2.24, 2.45) is 0 Å². The van der Waals surface area contributed by atoms with E-state index in [1.807, 2.05) is 0 Å². The molecule has 2 N–H and O–H groups in total. The number of hydroxylamine groups is 1. The molecule has 0 atom stereocenters. The van der Waals surface area contributed by atoms with E-state index in [0.29, 0.717) is 0 Å². The lowest BCUT2D eigenvalue weighted by Gasteiger charge is -2.21. The van der Waals surface area contributed by atoms with E-state index < -0.39 is 17.3 Å². The lowest BCUT2D eigenvalue weighted by Crippen LogP contribution is -2.38. The van der Waals surface area contributed by atoms with Crippen LogP contribution in [0, 0.1) is 12.7 Å². The maximum atomic E-state index is 13.4. The fourth-order valence-electron chi connectivity index (χ4n) is 1.08. The van der Waals surface area contributed by atoms with Crippen molar-refractivity contribution in [3.63, 3.8) is 0 Å². The second kappa shape index (κ2) is 5.25. The lowest BCUT2D eigenvalue weighted by molar-refractivity contribution is -0.0957. The zero-order valence-electron chi connectivity index (χ0n) is 10.1. The summed E-state index contributed by atoms with van der Waals surface area (Å²) in [4.78, 5) is 16.5. The van der Waals surface area contributed by atoms with Gasteiger partial charge in [0.1, 0.15) is 11.4 Å². The summed E-state index contributed by atoms with van der Waals surface area (Å²) >= 11 is 0. The van der Waals surface area contributed by atoms with Gasteiger partial charge in [-0.3, -0.25) is 9.63 Å². The number of rotatable bonds is 4. The number of benzene rings is 1. The Morgan fingerprint density at radius 2 is 2.18 bits per heavy atom. The van der Waals surface area contributed by atoms with Crippen LogP contribution in [0.2, 0.25) is 0 Å². The molecular formula is C12H16FNO3. The largest absolute Gasteiger partial charge is 0.393 e. The summed E-state index contributed by atoms with van der Waals surface area (Å²) in [6.45, 7) is 4.66. The molecule has 0 saturated carbocycles. The van der Waals surface area contributed by atoms with Gasteiger partial charge in [0.25, 0.3) is 5.91 Å². The van der Waals surface area contributed by atoms with Gasteiger partial charge in [-0.05, 0) is 38.5 Å². The molecule has 0 aromatic heterocycles. The molecule has 0 spiro atoms. The predicted molar refractivity (Wildman–Crippen MR) is 60.9 cm³/mol. The molecule has 0 unspecified atom stereocenters. The molecule has 0 fully saturated rings. The van der Waals surface area contributed by atoms with Gasteiger partial charge in [-0.1, -0.05) is 6.07 Å². The SMILES string of the molecule is Cc1ccc(C(=O)NOC(C)(C)CO)c(F)c1. The fraction of sp³-hybridized carbons (Fsp3) is 0.417. The first-order valence-electron chi connectivity index (χ1n) is 5.21. The van der Waals surface area contributed by atoms with E-state index in [2.05, 4.69) is 5.48 Å². The van der Waals surface area contributed by atoms with Gasteiger partial charge in [-0.2, -0.15) is 0 Å². The summed E-state index contributed by atoms with van der Waals surface area (Å²) in [6.07, 6.45) is 0. The molecule has 1 amide bonds. The van der Waals surface area contributed by atoms with Crippen molar-refractivity contribution in [2.45, 2.75) is 26.4 Å². The molecule has 1 aromatic carbocycles. The van der Waals surface area contributed by atoms with Gasteiger partial charge < -0.3 is 5.11 Å². The smallest absolute Gasteiger partial charge is 0.277 e. The molecule has 0 aliphatic carbocycles. The van der Waals surface area contributed by atoms with E-state index in [1.165, 1.54) is 12.1 Å². The van der Waals surface area contributed by atoms with Gasteiger partial charge in [-0.15, -0.1) is 0 Å². The van der Waals surface area contributed by atoms with Crippen molar-refractivity contribution in [3.05, 3.63) is 35.1 Å². The van der Waals surface area contributed by atoms with Crippen LogP contribution in [0.25, 0.3) is 0 Å². The second-order valence-corrected chi connectivity index (χ2v) is 4.43. The van der Waals surface area contributed by atoms with E-state index >= 15 is 0 Å². The Labute approximate surface area is 99.4 Å². The van der Waals surface area contributed by atoms with Crippen LogP contribution in [0.1, 0.15) is 29.8 Å². The van der Waals surface area contributed by atoms with Crippen LogP contribution in [-0.2, 0) is 4.84 Å². The van der Waals surface area contributed by atoms with E-state index in [9.17, 15) is 9.18 Å². The van der Waals surface area contributed by atoms with Crippen molar-refractivity contribution in [1.82, 2.24) is 5.48 Å². The quantitative estimate of drug-likeness (QED) is 0.787. The highest BCUT2D eigenvalue weighted by Gasteiger charge is 2.20. The van der Waals surface area contributed by atoms with Crippen LogP contribution in [0.4, 0.5) is 4.39 Å². The molecule has 1 aromatic rings. The van der Waals surface area contributed by atoms with Crippen LogP contribution in [-0.4, -0.2) is 23.2 Å². The van der Waals surface area contributed by atoms with E-state index in [4.69, 9.17) is 9.94 Å². The van der Waals surface area contributed by atoms with E-state index in [1.54, 1.807) is 26.8 Å². The topological polar surface area (TPSA) is 58.6 Å². The maximum Gasteiger partial charge on any atom is 0.277 e. The first kappa shape index (κ1) is 13.6. The standard InChI is InChI=1S/C12H16FNO3/c1-8-4-5-9(10(13)6-8)11(16)14-17-12(2,3)7-15/h4-6,15H,7H2,1-3H3,(H,14,16). The summed E-state index contributed by atoms with van der Waals surface area (Å²) < 4.78 is 13.4. The molecule has 0 saturated heterocycles. The van der Waals surface area contributed by atoms with Crippen molar-refractivity contribution >= 4 is 5.91 Å². The third-order valence-corrected chi connectivity index (χ3v) is 2.17. The number of carbonyl (C=O) groups excluding carboxylic acids is 1. The van der Waals surface area contributed by atoms with Crippen LogP contribution in [0.15, 0.2) is 18.2 Å². The number of aliphatic hydroxyl groups excluding tert-OH is 1. The molecule has 5 heteroatoms. The number of nitrogens with one attached hydrogen (secondary N) is 1. The summed E-state index contributed by atoms with van der Waals surface area (Å²) in [5.41, 5.74) is 1.84. The van der Waals surface area contributed by atoms with E-state index in [0.717, 1.165) is 5.56 Å². The Hall–Kier alpha value is -1.46. The van der Waals surface area contributed by atoms with Gasteiger partial charge in [0, 0.05) is 0 Å². The van der Waals surface area contributed by atoms with E-state index in [-0.39, 0.29) is 12.2 Å². The molecule has 94 valence electrons. The van der Waals surface area contributed by atoms with Gasteiger partial charge in [0.05, 0.1) is 12.2 Å². The van der Waals surface area contributed by atoms with Gasteiger partial charge >= 0.3 is 0 Å². The average molecular weight is 241 g/mol.